The van der Waals surface area contributed by atoms with Gasteiger partial charge in [0.2, 0.25) is 5.95 Å². The molecule has 0 bridgehead atoms. The molecule has 0 radical (unpaired) electrons. The van der Waals surface area contributed by atoms with Gasteiger partial charge in [0.1, 0.15) is 5.65 Å². The highest BCUT2D eigenvalue weighted by atomic mass is 32.2. The van der Waals surface area contributed by atoms with Gasteiger partial charge in [0.25, 0.3) is 5.56 Å². The van der Waals surface area contributed by atoms with Gasteiger partial charge in [-0.25, -0.2) is 4.98 Å². The average molecular weight is 394 g/mol. The maximum absolute atomic E-state index is 11.7. The lowest BCUT2D eigenvalue weighted by Crippen LogP contribution is -2.35. The summed E-state index contributed by atoms with van der Waals surface area (Å²) in [6.07, 6.45) is 6.66. The monoisotopic (exact) mass is 393 g/mol. The Morgan fingerprint density at radius 1 is 1.37 bits per heavy atom. The fourth-order valence-corrected chi connectivity index (χ4v) is 3.63. The molecule has 0 aromatic carbocycles. The van der Waals surface area contributed by atoms with Crippen LogP contribution < -0.4 is 10.9 Å². The Bertz CT molecular complexity index is 801. The quantitative estimate of drug-likeness (QED) is 0.675. The molecule has 3 N–H and O–H groups in total. The van der Waals surface area contributed by atoms with E-state index in [1.165, 1.54) is 0 Å². The van der Waals surface area contributed by atoms with Crippen LogP contribution in [0.15, 0.2) is 17.1 Å². The minimum Gasteiger partial charge on any atom is -0.391 e. The molecule has 2 aliphatic rings. The zero-order valence-corrected chi connectivity index (χ0v) is 16.6. The molecule has 2 aromatic rings. The molecule has 4 heterocycles. The van der Waals surface area contributed by atoms with Crippen molar-refractivity contribution < 1.29 is 9.84 Å². The van der Waals surface area contributed by atoms with E-state index in [0.29, 0.717) is 29.8 Å². The fourth-order valence-electron chi connectivity index (χ4n) is 3.06. The molecular formula is C18H27N5O3S. The molecule has 27 heavy (non-hydrogen) atoms. The molecule has 0 saturated carbocycles. The number of aromatic nitrogens is 3. The lowest BCUT2D eigenvalue weighted by molar-refractivity contribution is 0.127. The van der Waals surface area contributed by atoms with Crippen LogP contribution in [0.25, 0.3) is 11.0 Å². The predicted molar refractivity (Wildman–Crippen MR) is 108 cm³/mol. The molecule has 2 fully saturated rings. The topological polar surface area (TPSA) is 103 Å². The van der Waals surface area contributed by atoms with Gasteiger partial charge in [0, 0.05) is 42.9 Å². The van der Waals surface area contributed by atoms with Crippen molar-refractivity contribution in [3.63, 3.8) is 0 Å². The highest BCUT2D eigenvalue weighted by Gasteiger charge is 2.19. The van der Waals surface area contributed by atoms with Crippen LogP contribution in [0.5, 0.6) is 0 Å². The first-order valence-corrected chi connectivity index (χ1v) is 10.4. The summed E-state index contributed by atoms with van der Waals surface area (Å²) in [5.74, 6) is 0.588. The van der Waals surface area contributed by atoms with Gasteiger partial charge in [-0.2, -0.15) is 4.98 Å². The fraction of sp³-hybridized carbons (Fsp3) is 0.611. The summed E-state index contributed by atoms with van der Waals surface area (Å²) < 4.78 is 7.17. The number of aliphatic hydroxyl groups excluding tert-OH is 1. The number of nitrogens with one attached hydrogen (secondary N) is 2. The highest BCUT2D eigenvalue weighted by Crippen LogP contribution is 2.19. The maximum atomic E-state index is 11.7. The maximum Gasteiger partial charge on any atom is 0.252 e. The van der Waals surface area contributed by atoms with E-state index < -0.39 is 0 Å². The molecule has 1 atom stereocenters. The Morgan fingerprint density at radius 3 is 2.74 bits per heavy atom. The molecule has 2 aromatic heterocycles. The van der Waals surface area contributed by atoms with Crippen LogP contribution in [-0.4, -0.2) is 69.1 Å². The Labute approximate surface area is 162 Å². The normalized spacial score (nSPS) is 21.1. The second-order valence-corrected chi connectivity index (χ2v) is 7.71. The van der Waals surface area contributed by atoms with Crippen molar-refractivity contribution >= 4 is 28.9 Å². The van der Waals surface area contributed by atoms with E-state index in [4.69, 9.17) is 9.84 Å². The van der Waals surface area contributed by atoms with Gasteiger partial charge in [-0.3, -0.25) is 9.10 Å². The molecular weight excluding hydrogens is 366 g/mol. The van der Waals surface area contributed by atoms with Crippen molar-refractivity contribution in [1.82, 2.24) is 19.3 Å². The number of hydrogen-bond acceptors (Lipinski definition) is 8. The van der Waals surface area contributed by atoms with E-state index in [1.807, 2.05) is 6.07 Å². The number of fused-ring (bicyclic) bond motifs is 1. The van der Waals surface area contributed by atoms with E-state index in [0.717, 1.165) is 44.3 Å². The molecule has 2 saturated heterocycles. The number of aryl methyl sites for hydroxylation is 1. The number of pyridine rings is 1. The summed E-state index contributed by atoms with van der Waals surface area (Å²) in [6.45, 7) is 5.20. The third kappa shape index (κ3) is 5.65. The van der Waals surface area contributed by atoms with Crippen LogP contribution in [0.3, 0.4) is 0 Å². The van der Waals surface area contributed by atoms with Crippen LogP contribution in [0.1, 0.15) is 24.8 Å². The van der Waals surface area contributed by atoms with E-state index in [2.05, 4.69) is 30.8 Å². The first kappa shape index (κ1) is 20.1. The minimum atomic E-state index is -0.176. The second-order valence-electron chi connectivity index (χ2n) is 6.83. The van der Waals surface area contributed by atoms with Crippen molar-refractivity contribution in [3.05, 3.63) is 28.2 Å². The standard InChI is InChI=1S/C14H19N5OS.C4H8O2/c1-9-7-10-8-15-14(18-12(10)17-13(9)20)16-11-3-5-19(21-2)6-4-11;5-4-1-2-6-3-4/h7-8,11H,3-6H2,1-2H3,(H2,15,16,17,18,20);4-5H,1-3H2. The number of rotatable bonds is 3. The van der Waals surface area contributed by atoms with Crippen LogP contribution in [0.2, 0.25) is 0 Å². The van der Waals surface area contributed by atoms with Gasteiger partial charge in [-0.15, -0.1) is 0 Å². The SMILES string of the molecule is CSN1CCC(Nc2ncc3cc(C)c(=O)[nH]c3n2)CC1.OC1CCOC1. The number of H-pyrrole nitrogens is 1. The minimum absolute atomic E-state index is 0.0968. The molecule has 148 valence electrons. The highest BCUT2D eigenvalue weighted by molar-refractivity contribution is 7.96. The molecule has 2 aliphatic heterocycles. The lowest BCUT2D eigenvalue weighted by atomic mass is 10.1. The van der Waals surface area contributed by atoms with E-state index >= 15 is 0 Å². The Hall–Kier alpha value is -1.68. The summed E-state index contributed by atoms with van der Waals surface area (Å²) in [5.41, 5.74) is 1.17. The van der Waals surface area contributed by atoms with Gasteiger partial charge in [0.05, 0.1) is 12.7 Å². The number of ether oxygens (including phenoxy) is 1. The molecule has 1 unspecified atom stereocenters. The summed E-state index contributed by atoms with van der Waals surface area (Å²) in [4.78, 5) is 23.2. The summed E-state index contributed by atoms with van der Waals surface area (Å²) in [7, 11) is 0. The Morgan fingerprint density at radius 2 is 2.15 bits per heavy atom. The number of aromatic amines is 1. The van der Waals surface area contributed by atoms with Crippen molar-refractivity contribution in [3.8, 4) is 0 Å². The van der Waals surface area contributed by atoms with Gasteiger partial charge in [-0.1, -0.05) is 11.9 Å². The third-order valence-corrected chi connectivity index (χ3v) is 5.61. The van der Waals surface area contributed by atoms with Gasteiger partial charge < -0.3 is 20.1 Å². The number of anilines is 1. The van der Waals surface area contributed by atoms with Crippen molar-refractivity contribution in [2.24, 2.45) is 0 Å². The van der Waals surface area contributed by atoms with Crippen LogP contribution >= 0.6 is 11.9 Å². The first-order chi connectivity index (χ1) is 13.0. The third-order valence-electron chi connectivity index (χ3n) is 4.73. The molecule has 0 aliphatic carbocycles. The summed E-state index contributed by atoms with van der Waals surface area (Å²) >= 11 is 1.79. The Kier molecular flexibility index (Phi) is 7.06. The average Bonchev–Trinajstić information content (AvgIpc) is 3.15. The molecule has 8 nitrogen and oxygen atoms in total. The Balaban J connectivity index is 0.000000299. The van der Waals surface area contributed by atoms with Crippen molar-refractivity contribution in [1.29, 1.82) is 0 Å². The van der Waals surface area contributed by atoms with E-state index in [1.54, 1.807) is 25.1 Å². The van der Waals surface area contributed by atoms with Crippen LogP contribution in [-0.2, 0) is 4.74 Å². The van der Waals surface area contributed by atoms with Crippen LogP contribution in [0.4, 0.5) is 5.95 Å². The van der Waals surface area contributed by atoms with Crippen molar-refractivity contribution in [2.75, 3.05) is 37.9 Å². The largest absolute Gasteiger partial charge is 0.391 e. The zero-order valence-electron chi connectivity index (χ0n) is 15.8. The number of aliphatic hydroxyl groups is 1. The zero-order chi connectivity index (χ0) is 19.2. The molecule has 4 rings (SSSR count). The van der Waals surface area contributed by atoms with Gasteiger partial charge in [0.15, 0.2) is 0 Å². The molecule has 0 spiro atoms. The van der Waals surface area contributed by atoms with Crippen molar-refractivity contribution in [2.45, 2.75) is 38.3 Å². The van der Waals surface area contributed by atoms with Gasteiger partial charge >= 0.3 is 0 Å². The molecule has 0 amide bonds. The number of piperidine rings is 1. The second kappa shape index (κ2) is 9.50. The number of nitrogens with zero attached hydrogens (tertiary/aromatic N) is 3. The molecule has 9 heteroatoms. The lowest BCUT2D eigenvalue weighted by Gasteiger charge is -2.30. The van der Waals surface area contributed by atoms with E-state index in [-0.39, 0.29) is 11.7 Å². The summed E-state index contributed by atoms with van der Waals surface area (Å²) in [6, 6.07) is 2.21. The summed E-state index contributed by atoms with van der Waals surface area (Å²) in [5, 5.41) is 12.8. The first-order valence-electron chi connectivity index (χ1n) is 9.23. The smallest absolute Gasteiger partial charge is 0.252 e. The van der Waals surface area contributed by atoms with Crippen LogP contribution in [0, 0.1) is 6.92 Å². The van der Waals surface area contributed by atoms with E-state index in [9.17, 15) is 4.79 Å². The predicted octanol–water partition coefficient (Wildman–Crippen LogP) is 1.55. The van der Waals surface area contributed by atoms with Gasteiger partial charge in [-0.05, 0) is 38.5 Å². The number of hydrogen-bond donors (Lipinski definition) is 3.